The highest BCUT2D eigenvalue weighted by Gasteiger charge is 2.24. The summed E-state index contributed by atoms with van der Waals surface area (Å²) in [4.78, 5) is 14.1. The number of nitro benzene ring substituents is 1. The van der Waals surface area contributed by atoms with Crippen molar-refractivity contribution in [1.29, 1.82) is 0 Å². The highest BCUT2D eigenvalue weighted by molar-refractivity contribution is 7.93. The lowest BCUT2D eigenvalue weighted by Crippen LogP contribution is -2.16. The molecule has 1 heterocycles. The van der Waals surface area contributed by atoms with Crippen LogP contribution in [0.2, 0.25) is 0 Å². The quantitative estimate of drug-likeness (QED) is 0.309. The minimum atomic E-state index is -4.22. The Morgan fingerprint density at radius 2 is 1.81 bits per heavy atom. The summed E-state index contributed by atoms with van der Waals surface area (Å²) in [6, 6.07) is 13.4. The second-order valence-corrected chi connectivity index (χ2v) is 7.94. The van der Waals surface area contributed by atoms with Crippen molar-refractivity contribution >= 4 is 32.8 Å². The molecule has 2 N–H and O–H groups in total. The molecule has 0 radical (unpaired) electrons. The topological polar surface area (TPSA) is 136 Å². The number of non-ortho nitro benzene ring substituents is 1. The number of sulfonamides is 1. The fourth-order valence-electron chi connectivity index (χ4n) is 2.67. The Hall–Kier alpha value is -3.99. The number of anilines is 2. The first-order valence-corrected chi connectivity index (χ1v) is 10.4. The highest BCUT2D eigenvalue weighted by Crippen LogP contribution is 2.31. The molecule has 11 heteroatoms. The Morgan fingerprint density at radius 3 is 2.48 bits per heavy atom. The van der Waals surface area contributed by atoms with Crippen LogP contribution in [0.25, 0.3) is 0 Å². The molecule has 0 aliphatic carbocycles. The average molecular weight is 441 g/mol. The van der Waals surface area contributed by atoms with Crippen LogP contribution in [0, 0.1) is 10.1 Å². The van der Waals surface area contributed by atoms with Gasteiger partial charge in [-0.2, -0.15) is 5.10 Å². The van der Waals surface area contributed by atoms with Crippen LogP contribution in [0.15, 0.2) is 77.0 Å². The van der Waals surface area contributed by atoms with Gasteiger partial charge in [0.15, 0.2) is 0 Å². The number of rotatable bonds is 8. The van der Waals surface area contributed by atoms with E-state index in [2.05, 4.69) is 20.2 Å². The molecule has 0 amide bonds. The molecule has 0 fully saturated rings. The van der Waals surface area contributed by atoms with Gasteiger partial charge in [0.2, 0.25) is 0 Å². The molecule has 0 bridgehead atoms. The molecular formula is C20H19N5O5S. The van der Waals surface area contributed by atoms with E-state index in [9.17, 15) is 18.5 Å². The zero-order valence-corrected chi connectivity index (χ0v) is 17.5. The standard InChI is InChI=1S/C20H19N5O5S/c1-14(15-9-11-21-12-10-15)22-23-18-8-7-16(25(26)27)13-20(18)31(28,29)24-17-5-3-4-6-19(17)30-2/h3-13,23-24H,1-2H3/b22-14+. The molecule has 0 unspecified atom stereocenters. The summed E-state index contributed by atoms with van der Waals surface area (Å²) in [5, 5.41) is 15.4. The van der Waals surface area contributed by atoms with Crippen molar-refractivity contribution in [2.24, 2.45) is 5.10 Å². The Kier molecular flexibility index (Phi) is 6.46. The molecule has 0 saturated carbocycles. The van der Waals surface area contributed by atoms with Gasteiger partial charge in [-0.1, -0.05) is 12.1 Å². The van der Waals surface area contributed by atoms with Crippen molar-refractivity contribution in [2.45, 2.75) is 11.8 Å². The molecule has 0 atom stereocenters. The van der Waals surface area contributed by atoms with E-state index in [-0.39, 0.29) is 22.0 Å². The number of hydrogen-bond donors (Lipinski definition) is 2. The first-order valence-electron chi connectivity index (χ1n) is 8.97. The van der Waals surface area contributed by atoms with Crippen LogP contribution < -0.4 is 14.9 Å². The Balaban J connectivity index is 2.01. The number of ether oxygens (including phenoxy) is 1. The number of nitrogens with one attached hydrogen (secondary N) is 2. The van der Waals surface area contributed by atoms with E-state index in [0.29, 0.717) is 11.5 Å². The van der Waals surface area contributed by atoms with E-state index < -0.39 is 14.9 Å². The molecule has 0 spiro atoms. The molecule has 0 saturated heterocycles. The van der Waals surface area contributed by atoms with Crippen LogP contribution in [-0.4, -0.2) is 31.1 Å². The summed E-state index contributed by atoms with van der Waals surface area (Å²) in [6.07, 6.45) is 3.21. The largest absolute Gasteiger partial charge is 0.495 e. The number of para-hydroxylation sites is 2. The summed E-state index contributed by atoms with van der Waals surface area (Å²) in [6.45, 7) is 1.73. The molecule has 3 aromatic rings. The van der Waals surface area contributed by atoms with E-state index >= 15 is 0 Å². The van der Waals surface area contributed by atoms with Gasteiger partial charge >= 0.3 is 0 Å². The monoisotopic (exact) mass is 441 g/mol. The van der Waals surface area contributed by atoms with Gasteiger partial charge in [-0.05, 0) is 37.3 Å². The van der Waals surface area contributed by atoms with Crippen molar-refractivity contribution in [3.63, 3.8) is 0 Å². The molecule has 0 aliphatic heterocycles. The average Bonchev–Trinajstić information content (AvgIpc) is 2.78. The normalized spacial score (nSPS) is 11.6. The zero-order valence-electron chi connectivity index (χ0n) is 16.6. The summed E-state index contributed by atoms with van der Waals surface area (Å²) >= 11 is 0. The highest BCUT2D eigenvalue weighted by atomic mass is 32.2. The third-order valence-corrected chi connectivity index (χ3v) is 5.66. The van der Waals surface area contributed by atoms with Crippen LogP contribution in [0.4, 0.5) is 17.1 Å². The van der Waals surface area contributed by atoms with Crippen molar-refractivity contribution in [1.82, 2.24) is 4.98 Å². The van der Waals surface area contributed by atoms with Gasteiger partial charge in [-0.25, -0.2) is 8.42 Å². The second kappa shape index (κ2) is 9.22. The van der Waals surface area contributed by atoms with Gasteiger partial charge in [-0.15, -0.1) is 0 Å². The van der Waals surface area contributed by atoms with Crippen molar-refractivity contribution < 1.29 is 18.1 Å². The fourth-order valence-corrected chi connectivity index (χ4v) is 3.92. The summed E-state index contributed by atoms with van der Waals surface area (Å²) in [5.41, 5.74) is 3.93. The van der Waals surface area contributed by atoms with E-state index in [1.807, 2.05) is 0 Å². The molecule has 31 heavy (non-hydrogen) atoms. The van der Waals surface area contributed by atoms with E-state index in [4.69, 9.17) is 4.74 Å². The predicted octanol–water partition coefficient (Wildman–Crippen LogP) is 3.64. The minimum absolute atomic E-state index is 0.0707. The number of nitro groups is 1. The molecule has 0 aliphatic rings. The van der Waals surface area contributed by atoms with Crippen LogP contribution in [-0.2, 0) is 10.0 Å². The molecular weight excluding hydrogens is 422 g/mol. The Bertz CT molecular complexity index is 1230. The summed E-state index contributed by atoms with van der Waals surface area (Å²) < 4.78 is 33.8. The summed E-state index contributed by atoms with van der Waals surface area (Å²) in [7, 11) is -2.81. The van der Waals surface area contributed by atoms with E-state index in [0.717, 1.165) is 11.6 Å². The Labute approximate surface area is 178 Å². The van der Waals surface area contributed by atoms with Crippen LogP contribution in [0.3, 0.4) is 0 Å². The number of nitrogens with zero attached hydrogens (tertiary/aromatic N) is 3. The number of hydrogen-bond acceptors (Lipinski definition) is 8. The lowest BCUT2D eigenvalue weighted by atomic mass is 10.2. The fraction of sp³-hybridized carbons (Fsp3) is 0.100. The molecule has 2 aromatic carbocycles. The number of methoxy groups -OCH3 is 1. The molecule has 160 valence electrons. The third-order valence-electron chi connectivity index (χ3n) is 4.26. The first-order chi connectivity index (χ1) is 14.8. The lowest BCUT2D eigenvalue weighted by molar-refractivity contribution is -0.385. The number of aromatic nitrogens is 1. The minimum Gasteiger partial charge on any atom is -0.495 e. The number of benzene rings is 2. The molecule has 1 aromatic heterocycles. The first kappa shape index (κ1) is 21.7. The van der Waals surface area contributed by atoms with Gasteiger partial charge < -0.3 is 4.74 Å². The number of pyridine rings is 1. The van der Waals surface area contributed by atoms with Gasteiger partial charge in [0.25, 0.3) is 15.7 Å². The van der Waals surface area contributed by atoms with E-state index in [1.165, 1.54) is 25.3 Å². The van der Waals surface area contributed by atoms with Gasteiger partial charge in [0, 0.05) is 30.1 Å². The zero-order chi connectivity index (χ0) is 22.4. The maximum atomic E-state index is 13.1. The smallest absolute Gasteiger partial charge is 0.270 e. The molecule has 3 rings (SSSR count). The van der Waals surface area contributed by atoms with Gasteiger partial charge in [0.05, 0.1) is 29.1 Å². The SMILES string of the molecule is COc1ccccc1NS(=O)(=O)c1cc([N+](=O)[O-])ccc1N/N=C(\C)c1ccncc1. The van der Waals surface area contributed by atoms with Crippen LogP contribution in [0.5, 0.6) is 5.75 Å². The van der Waals surface area contributed by atoms with Crippen molar-refractivity contribution in [3.05, 3.63) is 82.7 Å². The predicted molar refractivity (Wildman–Crippen MR) is 117 cm³/mol. The second-order valence-electron chi connectivity index (χ2n) is 6.29. The number of hydrazone groups is 1. The maximum Gasteiger partial charge on any atom is 0.270 e. The van der Waals surface area contributed by atoms with Crippen molar-refractivity contribution in [2.75, 3.05) is 17.3 Å². The molecule has 10 nitrogen and oxygen atoms in total. The van der Waals surface area contributed by atoms with Crippen molar-refractivity contribution in [3.8, 4) is 5.75 Å². The maximum absolute atomic E-state index is 13.1. The van der Waals surface area contributed by atoms with Gasteiger partial charge in [-0.3, -0.25) is 25.2 Å². The van der Waals surface area contributed by atoms with Crippen LogP contribution >= 0.6 is 0 Å². The van der Waals surface area contributed by atoms with Crippen LogP contribution in [0.1, 0.15) is 12.5 Å². The Morgan fingerprint density at radius 1 is 1.10 bits per heavy atom. The third kappa shape index (κ3) is 5.14. The van der Waals surface area contributed by atoms with Gasteiger partial charge in [0.1, 0.15) is 10.6 Å². The van der Waals surface area contributed by atoms with E-state index in [1.54, 1.807) is 49.6 Å². The lowest BCUT2D eigenvalue weighted by Gasteiger charge is -2.14. The summed E-state index contributed by atoms with van der Waals surface area (Å²) in [5.74, 6) is 0.303.